The van der Waals surface area contributed by atoms with Gasteiger partial charge in [-0.3, -0.25) is 9.78 Å². The fourth-order valence-corrected chi connectivity index (χ4v) is 4.77. The Hall–Kier alpha value is -3.45. The first kappa shape index (κ1) is 26.6. The molecule has 1 fully saturated rings. The predicted molar refractivity (Wildman–Crippen MR) is 143 cm³/mol. The van der Waals surface area contributed by atoms with E-state index in [-0.39, 0.29) is 17.7 Å². The van der Waals surface area contributed by atoms with Gasteiger partial charge in [-0.15, -0.1) is 0 Å². The molecule has 0 spiro atoms. The summed E-state index contributed by atoms with van der Waals surface area (Å²) in [5.41, 5.74) is 5.56. The molecule has 0 unspecified atom stereocenters. The van der Waals surface area contributed by atoms with Gasteiger partial charge >= 0.3 is 5.97 Å². The summed E-state index contributed by atoms with van der Waals surface area (Å²) in [4.78, 5) is 18.7. The second-order valence-corrected chi connectivity index (χ2v) is 10.4. The number of piperidine rings is 1. The maximum absolute atomic E-state index is 13.1. The molecule has 1 N–H and O–H groups in total. The molecule has 6 nitrogen and oxygen atoms in total. The smallest absolute Gasteiger partial charge is 0.307 e. The highest BCUT2D eigenvalue weighted by Crippen LogP contribution is 2.41. The van der Waals surface area contributed by atoms with Crippen molar-refractivity contribution in [3.8, 4) is 16.9 Å². The summed E-state index contributed by atoms with van der Waals surface area (Å²) < 4.78 is 24.5. The zero-order chi connectivity index (χ0) is 26.4. The summed E-state index contributed by atoms with van der Waals surface area (Å²) in [7, 11) is 1.64. The first-order valence-corrected chi connectivity index (χ1v) is 12.7. The number of pyridine rings is 1. The molecular formula is C30H35FN2O4. The number of ether oxygens (including phenoxy) is 2. The Kier molecular flexibility index (Phi) is 8.44. The summed E-state index contributed by atoms with van der Waals surface area (Å²) in [5, 5.41) is 9.62. The molecular weight excluding hydrogens is 471 g/mol. The second kappa shape index (κ2) is 11.7. The van der Waals surface area contributed by atoms with Crippen molar-refractivity contribution in [3.63, 3.8) is 0 Å². The first-order chi connectivity index (χ1) is 17.8. The van der Waals surface area contributed by atoms with Crippen LogP contribution in [-0.2, 0) is 29.0 Å². The summed E-state index contributed by atoms with van der Waals surface area (Å²) in [6, 6.07) is 14.3. The minimum atomic E-state index is -0.879. The van der Waals surface area contributed by atoms with Crippen LogP contribution in [0.2, 0.25) is 0 Å². The van der Waals surface area contributed by atoms with Crippen molar-refractivity contribution < 1.29 is 23.8 Å². The Morgan fingerprint density at radius 2 is 1.76 bits per heavy atom. The topological polar surface area (TPSA) is 71.9 Å². The van der Waals surface area contributed by atoms with E-state index in [1.165, 1.54) is 12.1 Å². The highest BCUT2D eigenvalue weighted by atomic mass is 19.1. The third-order valence-corrected chi connectivity index (χ3v) is 6.98. The van der Waals surface area contributed by atoms with Gasteiger partial charge in [-0.25, -0.2) is 4.39 Å². The van der Waals surface area contributed by atoms with Gasteiger partial charge in [0.05, 0.1) is 31.0 Å². The van der Waals surface area contributed by atoms with Crippen LogP contribution in [0.1, 0.15) is 43.5 Å². The Morgan fingerprint density at radius 1 is 1.08 bits per heavy atom. The number of anilines is 1. The molecule has 0 radical (unpaired) electrons. The van der Waals surface area contributed by atoms with E-state index in [4.69, 9.17) is 9.47 Å². The van der Waals surface area contributed by atoms with Crippen molar-refractivity contribution in [1.29, 1.82) is 0 Å². The summed E-state index contributed by atoms with van der Waals surface area (Å²) in [5.74, 6) is -0.395. The van der Waals surface area contributed by atoms with Gasteiger partial charge < -0.3 is 19.5 Å². The average molecular weight is 507 g/mol. The van der Waals surface area contributed by atoms with Gasteiger partial charge in [0.1, 0.15) is 11.6 Å². The lowest BCUT2D eigenvalue weighted by atomic mass is 9.82. The molecule has 0 bridgehead atoms. The number of benzene rings is 2. The number of rotatable bonds is 10. The zero-order valence-electron chi connectivity index (χ0n) is 21.8. The normalized spacial score (nSPS) is 15.0. The van der Waals surface area contributed by atoms with Crippen LogP contribution in [-0.4, -0.2) is 42.9 Å². The largest absolute Gasteiger partial charge is 0.493 e. The lowest BCUT2D eigenvalue weighted by Crippen LogP contribution is -2.38. The van der Waals surface area contributed by atoms with Crippen molar-refractivity contribution in [1.82, 2.24) is 4.98 Å². The fourth-order valence-electron chi connectivity index (χ4n) is 4.77. The molecule has 196 valence electrons. The molecule has 1 aliphatic rings. The molecule has 3 aromatic rings. The van der Waals surface area contributed by atoms with E-state index in [1.54, 1.807) is 25.4 Å². The second-order valence-electron chi connectivity index (χ2n) is 10.4. The number of halogens is 1. The monoisotopic (exact) mass is 506 g/mol. The van der Waals surface area contributed by atoms with E-state index >= 15 is 0 Å². The number of nitrogens with zero attached hydrogens (tertiary/aromatic N) is 2. The van der Waals surface area contributed by atoms with Crippen LogP contribution in [0.25, 0.3) is 11.1 Å². The predicted octanol–water partition coefficient (Wildman–Crippen LogP) is 5.91. The number of hydrogen-bond acceptors (Lipinski definition) is 5. The minimum absolute atomic E-state index is 0.0902. The number of aromatic nitrogens is 1. The van der Waals surface area contributed by atoms with Crippen molar-refractivity contribution in [3.05, 3.63) is 77.4 Å². The molecule has 2 heterocycles. The number of aliphatic carboxylic acids is 1. The molecule has 1 saturated heterocycles. The Balaban J connectivity index is 1.62. The van der Waals surface area contributed by atoms with Crippen LogP contribution >= 0.6 is 0 Å². The van der Waals surface area contributed by atoms with E-state index in [2.05, 4.69) is 23.7 Å². The van der Waals surface area contributed by atoms with E-state index in [9.17, 15) is 14.3 Å². The first-order valence-electron chi connectivity index (χ1n) is 12.7. The molecule has 1 aromatic heterocycles. The lowest BCUT2D eigenvalue weighted by molar-refractivity contribution is -0.136. The molecule has 1 aliphatic heterocycles. The average Bonchev–Trinajstić information content (AvgIpc) is 2.86. The number of carboxylic acids is 1. The van der Waals surface area contributed by atoms with E-state index in [0.717, 1.165) is 59.8 Å². The van der Waals surface area contributed by atoms with Crippen molar-refractivity contribution in [2.75, 3.05) is 31.7 Å². The van der Waals surface area contributed by atoms with Crippen molar-refractivity contribution in [2.24, 2.45) is 5.41 Å². The van der Waals surface area contributed by atoms with Crippen molar-refractivity contribution in [2.45, 2.75) is 46.1 Å². The number of hydrogen-bond donors (Lipinski definition) is 1. The molecule has 0 saturated carbocycles. The molecule has 4 rings (SSSR count). The van der Waals surface area contributed by atoms with E-state index in [0.29, 0.717) is 25.2 Å². The van der Waals surface area contributed by atoms with Gasteiger partial charge in [0.25, 0.3) is 0 Å². The quantitative estimate of drug-likeness (QED) is 0.369. The van der Waals surface area contributed by atoms with Gasteiger partial charge in [0, 0.05) is 43.9 Å². The third-order valence-electron chi connectivity index (χ3n) is 6.98. The maximum atomic E-state index is 13.1. The third kappa shape index (κ3) is 6.86. The van der Waals surface area contributed by atoms with Gasteiger partial charge in [-0.1, -0.05) is 38.1 Å². The fraction of sp³-hybridized carbons (Fsp3) is 0.400. The van der Waals surface area contributed by atoms with Gasteiger partial charge in [-0.2, -0.15) is 0 Å². The highest BCUT2D eigenvalue weighted by molar-refractivity contribution is 5.85. The van der Waals surface area contributed by atoms with Gasteiger partial charge in [0.2, 0.25) is 0 Å². The van der Waals surface area contributed by atoms with Crippen LogP contribution in [0.5, 0.6) is 5.75 Å². The lowest BCUT2D eigenvalue weighted by Gasteiger charge is -2.40. The number of carboxylic acid groups (broad SMARTS) is 1. The number of carbonyl (C=O) groups is 1. The van der Waals surface area contributed by atoms with Gasteiger partial charge in [-0.05, 0) is 53.6 Å². The molecule has 2 aromatic carbocycles. The summed E-state index contributed by atoms with van der Waals surface area (Å²) in [6.07, 6.45) is 4.33. The number of methoxy groups -OCH3 is 1. The van der Waals surface area contributed by atoms with Crippen LogP contribution in [0.3, 0.4) is 0 Å². The molecule has 0 atom stereocenters. The molecule has 37 heavy (non-hydrogen) atoms. The standard InChI is InChI=1S/C30H35FN2O4/c1-30(2)13-15-33(16-14-30)29-23(18-27(34)35)19-32-26(20-36-3)28(29)22-6-10-25(11-7-22)37-17-12-21-4-8-24(31)9-5-21/h4-11,19H,12-18,20H2,1-3H3,(H,34,35). The summed E-state index contributed by atoms with van der Waals surface area (Å²) in [6.45, 7) is 7.07. The van der Waals surface area contributed by atoms with E-state index in [1.807, 2.05) is 24.3 Å². The minimum Gasteiger partial charge on any atom is -0.493 e. The van der Waals surface area contributed by atoms with Crippen molar-refractivity contribution >= 4 is 11.7 Å². The maximum Gasteiger partial charge on any atom is 0.307 e. The van der Waals surface area contributed by atoms with Gasteiger partial charge in [0.15, 0.2) is 0 Å². The Bertz CT molecular complexity index is 1200. The van der Waals surface area contributed by atoms with Crippen LogP contribution in [0, 0.1) is 11.2 Å². The Labute approximate surface area is 218 Å². The molecule has 0 amide bonds. The van der Waals surface area contributed by atoms with Crippen LogP contribution in [0.15, 0.2) is 54.7 Å². The summed E-state index contributed by atoms with van der Waals surface area (Å²) >= 11 is 0. The van der Waals surface area contributed by atoms with E-state index < -0.39 is 5.97 Å². The Morgan fingerprint density at radius 3 is 2.38 bits per heavy atom. The zero-order valence-corrected chi connectivity index (χ0v) is 21.8. The van der Waals surface area contributed by atoms with Crippen LogP contribution in [0.4, 0.5) is 10.1 Å². The SMILES string of the molecule is COCc1ncc(CC(=O)O)c(N2CCC(C)(C)CC2)c1-c1ccc(OCCc2ccc(F)cc2)cc1. The molecule has 0 aliphatic carbocycles. The molecule has 7 heteroatoms. The highest BCUT2D eigenvalue weighted by Gasteiger charge is 2.29. The van der Waals surface area contributed by atoms with Crippen LogP contribution < -0.4 is 9.64 Å².